The summed E-state index contributed by atoms with van der Waals surface area (Å²) in [6.07, 6.45) is 7.00. The number of unbranched alkanes of at least 4 members (excludes halogenated alkanes) is 3. The van der Waals surface area contributed by atoms with Crippen LogP contribution in [0.2, 0.25) is 0 Å². The normalized spacial score (nSPS) is 17.9. The van der Waals surface area contributed by atoms with Crippen LogP contribution in [0.25, 0.3) is 0 Å². The van der Waals surface area contributed by atoms with E-state index in [0.29, 0.717) is 0 Å². The largest absolute Gasteiger partial charge is 0.119 e. The second-order valence-corrected chi connectivity index (χ2v) is 5.35. The number of hydrogen-bond acceptors (Lipinski definition) is 2. The summed E-state index contributed by atoms with van der Waals surface area (Å²) < 4.78 is 0.840. The van der Waals surface area contributed by atoms with E-state index in [2.05, 4.69) is 17.7 Å². The summed E-state index contributed by atoms with van der Waals surface area (Å²) in [5.74, 6) is 0. The molecule has 0 nitrogen and oxygen atoms in total. The molecular weight excluding hydrogens is 172 g/mol. The van der Waals surface area contributed by atoms with Crippen molar-refractivity contribution < 1.29 is 0 Å². The predicted octanol–water partition coefficient (Wildman–Crippen LogP) is 4.23. The topological polar surface area (TPSA) is 0 Å². The third kappa shape index (κ3) is 4.12. The molecule has 0 saturated heterocycles. The van der Waals surface area contributed by atoms with Gasteiger partial charge in [-0.05, 0) is 17.2 Å². The van der Waals surface area contributed by atoms with Crippen molar-refractivity contribution in [2.45, 2.75) is 43.6 Å². The van der Waals surface area contributed by atoms with E-state index in [0.717, 1.165) is 4.58 Å². The van der Waals surface area contributed by atoms with Crippen molar-refractivity contribution in [1.82, 2.24) is 0 Å². The van der Waals surface area contributed by atoms with Crippen molar-refractivity contribution in [2.75, 3.05) is 0 Å². The van der Waals surface area contributed by atoms with Crippen molar-refractivity contribution in [3.8, 4) is 0 Å². The Hall–Kier alpha value is 0.440. The second-order valence-electron chi connectivity index (χ2n) is 2.82. The van der Waals surface area contributed by atoms with Crippen molar-refractivity contribution in [2.24, 2.45) is 0 Å². The van der Waals surface area contributed by atoms with Gasteiger partial charge in [-0.1, -0.05) is 32.6 Å². The summed E-state index contributed by atoms with van der Waals surface area (Å²) in [6.45, 7) is 2.26. The Morgan fingerprint density at radius 3 is 2.45 bits per heavy atom. The Kier molecular flexibility index (Phi) is 5.21. The van der Waals surface area contributed by atoms with E-state index < -0.39 is 0 Å². The molecule has 1 heterocycles. The minimum absolute atomic E-state index is 0.840. The van der Waals surface area contributed by atoms with Crippen molar-refractivity contribution >= 4 is 23.5 Å². The number of thioether (sulfide) groups is 2. The number of hydrogen-bond donors (Lipinski definition) is 0. The molecule has 0 aromatic rings. The first kappa shape index (κ1) is 9.53. The van der Waals surface area contributed by atoms with Gasteiger partial charge in [0.1, 0.15) is 0 Å². The summed E-state index contributed by atoms with van der Waals surface area (Å²) in [4.78, 5) is 0. The highest BCUT2D eigenvalue weighted by atomic mass is 32.2. The molecule has 0 saturated carbocycles. The van der Waals surface area contributed by atoms with E-state index in [-0.39, 0.29) is 0 Å². The van der Waals surface area contributed by atoms with E-state index in [9.17, 15) is 0 Å². The second kappa shape index (κ2) is 6.01. The summed E-state index contributed by atoms with van der Waals surface area (Å²) in [7, 11) is 0. The van der Waals surface area contributed by atoms with Crippen LogP contribution < -0.4 is 0 Å². The number of rotatable bonds is 5. The highest BCUT2D eigenvalue weighted by Gasteiger charge is 2.09. The molecule has 11 heavy (non-hydrogen) atoms. The molecule has 0 N–H and O–H groups in total. The third-order valence-corrected chi connectivity index (χ3v) is 4.31. The highest BCUT2D eigenvalue weighted by Crippen LogP contribution is 2.36. The molecular formula is C9H16S2. The van der Waals surface area contributed by atoms with Crippen molar-refractivity contribution in [3.05, 3.63) is 10.8 Å². The third-order valence-electron chi connectivity index (χ3n) is 1.81. The fraction of sp³-hybridized carbons (Fsp3) is 0.778. The predicted molar refractivity (Wildman–Crippen MR) is 56.9 cm³/mol. The van der Waals surface area contributed by atoms with E-state index >= 15 is 0 Å². The van der Waals surface area contributed by atoms with Crippen molar-refractivity contribution in [3.63, 3.8) is 0 Å². The van der Waals surface area contributed by atoms with Crippen molar-refractivity contribution in [1.29, 1.82) is 0 Å². The lowest BCUT2D eigenvalue weighted by molar-refractivity contribution is 0.653. The van der Waals surface area contributed by atoms with Gasteiger partial charge in [0.2, 0.25) is 0 Å². The molecule has 0 amide bonds. The Morgan fingerprint density at radius 1 is 1.09 bits per heavy atom. The monoisotopic (exact) mass is 188 g/mol. The molecule has 0 fully saturated rings. The molecule has 0 aliphatic carbocycles. The van der Waals surface area contributed by atoms with Gasteiger partial charge in [0.25, 0.3) is 0 Å². The van der Waals surface area contributed by atoms with Crippen LogP contribution in [0.5, 0.6) is 0 Å². The van der Waals surface area contributed by atoms with E-state index in [4.69, 9.17) is 0 Å². The molecule has 1 aliphatic rings. The Balaban J connectivity index is 1.87. The van der Waals surface area contributed by atoms with Gasteiger partial charge in [-0.15, -0.1) is 23.5 Å². The average molecular weight is 188 g/mol. The van der Waals surface area contributed by atoms with Crippen LogP contribution in [0.4, 0.5) is 0 Å². The molecule has 0 radical (unpaired) electrons. The standard InChI is InChI=1S/C9H16S2/c1-2-3-4-5-6-9-10-7-8-11-9/h7-9H,2-6H2,1H3. The van der Waals surface area contributed by atoms with Gasteiger partial charge in [-0.3, -0.25) is 0 Å². The van der Waals surface area contributed by atoms with E-state index in [1.807, 2.05) is 23.5 Å². The van der Waals surface area contributed by atoms with Gasteiger partial charge in [0.05, 0.1) is 4.58 Å². The van der Waals surface area contributed by atoms with Crippen LogP contribution in [0.1, 0.15) is 39.0 Å². The fourth-order valence-electron chi connectivity index (χ4n) is 1.15. The molecule has 0 bridgehead atoms. The Labute approximate surface area is 78.2 Å². The Morgan fingerprint density at radius 2 is 1.82 bits per heavy atom. The summed E-state index contributed by atoms with van der Waals surface area (Å²) >= 11 is 3.97. The van der Waals surface area contributed by atoms with Gasteiger partial charge < -0.3 is 0 Å². The molecule has 0 unspecified atom stereocenters. The Bertz CT molecular complexity index is 113. The quantitative estimate of drug-likeness (QED) is 0.592. The van der Waals surface area contributed by atoms with Crippen LogP contribution in [0, 0.1) is 0 Å². The maximum atomic E-state index is 2.26. The molecule has 1 aliphatic heterocycles. The maximum absolute atomic E-state index is 2.26. The molecule has 2 heteroatoms. The zero-order valence-corrected chi connectivity index (χ0v) is 8.72. The lowest BCUT2D eigenvalue weighted by Crippen LogP contribution is -1.90. The zero-order chi connectivity index (χ0) is 7.94. The SMILES string of the molecule is CCCCCCC1SC=CS1. The first-order valence-electron chi connectivity index (χ1n) is 4.39. The van der Waals surface area contributed by atoms with Crippen LogP contribution in [-0.2, 0) is 0 Å². The van der Waals surface area contributed by atoms with Gasteiger partial charge in [0, 0.05) is 0 Å². The van der Waals surface area contributed by atoms with Crippen LogP contribution in [-0.4, -0.2) is 4.58 Å². The van der Waals surface area contributed by atoms with Gasteiger partial charge in [-0.25, -0.2) is 0 Å². The minimum Gasteiger partial charge on any atom is -0.119 e. The lowest BCUT2D eigenvalue weighted by atomic mass is 10.2. The van der Waals surface area contributed by atoms with Gasteiger partial charge in [0.15, 0.2) is 0 Å². The van der Waals surface area contributed by atoms with Gasteiger partial charge >= 0.3 is 0 Å². The zero-order valence-electron chi connectivity index (χ0n) is 7.08. The minimum atomic E-state index is 0.840. The summed E-state index contributed by atoms with van der Waals surface area (Å²) in [5, 5.41) is 4.43. The first-order valence-corrected chi connectivity index (χ1v) is 6.28. The molecule has 64 valence electrons. The molecule has 0 aromatic carbocycles. The van der Waals surface area contributed by atoms with Crippen LogP contribution in [0.15, 0.2) is 10.8 Å². The first-order chi connectivity index (χ1) is 5.43. The smallest absolute Gasteiger partial charge is 0.0585 e. The molecule has 1 rings (SSSR count). The molecule has 0 spiro atoms. The molecule has 0 atom stereocenters. The van der Waals surface area contributed by atoms with Crippen LogP contribution in [0.3, 0.4) is 0 Å². The highest BCUT2D eigenvalue weighted by molar-refractivity contribution is 8.22. The molecule has 0 aromatic heterocycles. The lowest BCUT2D eigenvalue weighted by Gasteiger charge is -2.05. The van der Waals surface area contributed by atoms with E-state index in [1.165, 1.54) is 32.1 Å². The van der Waals surface area contributed by atoms with E-state index in [1.54, 1.807) is 0 Å². The maximum Gasteiger partial charge on any atom is 0.0585 e. The summed E-state index contributed by atoms with van der Waals surface area (Å²) in [6, 6.07) is 0. The summed E-state index contributed by atoms with van der Waals surface area (Å²) in [5.41, 5.74) is 0. The van der Waals surface area contributed by atoms with Crippen LogP contribution >= 0.6 is 23.5 Å². The van der Waals surface area contributed by atoms with Gasteiger partial charge in [-0.2, -0.15) is 0 Å². The average Bonchev–Trinajstić information content (AvgIpc) is 2.50. The fourth-order valence-corrected chi connectivity index (χ4v) is 3.26.